The van der Waals surface area contributed by atoms with Gasteiger partial charge in [-0.15, -0.1) is 0 Å². The Labute approximate surface area is 129 Å². The Hall–Kier alpha value is -1.32. The van der Waals surface area contributed by atoms with E-state index in [0.29, 0.717) is 0 Å². The molecule has 2 nitrogen and oxygen atoms in total. The monoisotopic (exact) mass is 333 g/mol. The summed E-state index contributed by atoms with van der Waals surface area (Å²) in [4.78, 5) is 0. The van der Waals surface area contributed by atoms with Gasteiger partial charge in [-0.3, -0.25) is 0 Å². The van der Waals surface area contributed by atoms with Crippen molar-refractivity contribution in [2.45, 2.75) is 26.8 Å². The van der Waals surface area contributed by atoms with E-state index in [0.717, 1.165) is 26.9 Å². The quantitative estimate of drug-likeness (QED) is 0.901. The number of methoxy groups -OCH3 is 1. The molecule has 2 aromatic rings. The van der Waals surface area contributed by atoms with Gasteiger partial charge in [0.1, 0.15) is 5.75 Å². The molecule has 0 aliphatic carbocycles. The van der Waals surface area contributed by atoms with E-state index in [2.05, 4.69) is 48.0 Å². The second-order valence-electron chi connectivity index (χ2n) is 5.16. The molecule has 0 saturated heterocycles. The van der Waals surface area contributed by atoms with Crippen molar-refractivity contribution < 1.29 is 4.74 Å². The lowest BCUT2D eigenvalue weighted by Gasteiger charge is -2.18. The molecule has 0 radical (unpaired) electrons. The lowest BCUT2D eigenvalue weighted by atomic mass is 9.95. The molecule has 20 heavy (non-hydrogen) atoms. The average molecular weight is 334 g/mol. The van der Waals surface area contributed by atoms with Crippen LogP contribution >= 0.6 is 15.9 Å². The molecule has 3 heteroatoms. The number of ether oxygens (including phenoxy) is 1. The summed E-state index contributed by atoms with van der Waals surface area (Å²) >= 11 is 3.57. The van der Waals surface area contributed by atoms with Gasteiger partial charge >= 0.3 is 0 Å². The fourth-order valence-corrected chi connectivity index (χ4v) is 2.59. The first-order valence-electron chi connectivity index (χ1n) is 6.60. The van der Waals surface area contributed by atoms with Crippen molar-refractivity contribution in [1.29, 1.82) is 0 Å². The molecule has 0 aliphatic rings. The normalized spacial score (nSPS) is 12.3. The third kappa shape index (κ3) is 2.89. The fraction of sp³-hybridized carbons (Fsp3) is 0.294. The highest BCUT2D eigenvalue weighted by molar-refractivity contribution is 9.10. The minimum absolute atomic E-state index is 0.193. The van der Waals surface area contributed by atoms with Gasteiger partial charge in [0.05, 0.1) is 13.2 Å². The molecular formula is C17H20BrNO. The van der Waals surface area contributed by atoms with Gasteiger partial charge in [-0.25, -0.2) is 0 Å². The summed E-state index contributed by atoms with van der Waals surface area (Å²) in [6.07, 6.45) is 0. The van der Waals surface area contributed by atoms with E-state index in [9.17, 15) is 0 Å². The summed E-state index contributed by atoms with van der Waals surface area (Å²) in [6, 6.07) is 10.2. The van der Waals surface area contributed by atoms with Crippen LogP contribution in [-0.4, -0.2) is 7.11 Å². The highest BCUT2D eigenvalue weighted by Gasteiger charge is 2.16. The molecular weight excluding hydrogens is 314 g/mol. The van der Waals surface area contributed by atoms with E-state index >= 15 is 0 Å². The van der Waals surface area contributed by atoms with Gasteiger partial charge in [0.2, 0.25) is 0 Å². The highest BCUT2D eigenvalue weighted by atomic mass is 79.9. The van der Waals surface area contributed by atoms with E-state index in [1.54, 1.807) is 7.11 Å². The summed E-state index contributed by atoms with van der Waals surface area (Å²) in [6.45, 7) is 6.25. The second-order valence-corrected chi connectivity index (χ2v) is 6.02. The standard InChI is InChI=1S/C17H20BrNO/c1-10-5-6-13(7-11(10)2)17(19)14-9-15(18)12(3)8-16(14)20-4/h5-9,17H,19H2,1-4H3. The SMILES string of the molecule is COc1cc(C)c(Br)cc1C(N)c1ccc(C)c(C)c1. The van der Waals surface area contributed by atoms with E-state index in [4.69, 9.17) is 10.5 Å². The zero-order valence-corrected chi connectivity index (χ0v) is 13.9. The predicted octanol–water partition coefficient (Wildman–Crippen LogP) is 4.43. The van der Waals surface area contributed by atoms with Gasteiger partial charge < -0.3 is 10.5 Å². The van der Waals surface area contributed by atoms with Gasteiger partial charge in [0, 0.05) is 10.0 Å². The van der Waals surface area contributed by atoms with Crippen molar-refractivity contribution in [3.63, 3.8) is 0 Å². The second kappa shape index (κ2) is 5.98. The number of hydrogen-bond donors (Lipinski definition) is 1. The molecule has 0 bridgehead atoms. The Morgan fingerprint density at radius 3 is 2.30 bits per heavy atom. The van der Waals surface area contributed by atoms with E-state index in [1.165, 1.54) is 11.1 Å². The summed E-state index contributed by atoms with van der Waals surface area (Å²) in [5, 5.41) is 0. The maximum atomic E-state index is 6.43. The number of rotatable bonds is 3. The molecule has 2 aromatic carbocycles. The van der Waals surface area contributed by atoms with Crippen LogP contribution in [0, 0.1) is 20.8 Å². The topological polar surface area (TPSA) is 35.2 Å². The summed E-state index contributed by atoms with van der Waals surface area (Å²) in [5.74, 6) is 0.830. The maximum Gasteiger partial charge on any atom is 0.124 e. The number of hydrogen-bond acceptors (Lipinski definition) is 2. The highest BCUT2D eigenvalue weighted by Crippen LogP contribution is 2.33. The van der Waals surface area contributed by atoms with Gasteiger partial charge in [0.25, 0.3) is 0 Å². The zero-order chi connectivity index (χ0) is 14.9. The Kier molecular flexibility index (Phi) is 4.51. The van der Waals surface area contributed by atoms with E-state index in [1.807, 2.05) is 19.1 Å². The van der Waals surface area contributed by atoms with Gasteiger partial charge in [-0.1, -0.05) is 34.1 Å². The molecule has 0 spiro atoms. The van der Waals surface area contributed by atoms with Crippen LogP contribution in [0.1, 0.15) is 33.9 Å². The third-order valence-electron chi connectivity index (χ3n) is 3.74. The van der Waals surface area contributed by atoms with Crippen LogP contribution in [0.4, 0.5) is 0 Å². The number of nitrogens with two attached hydrogens (primary N) is 1. The summed E-state index contributed by atoms with van der Waals surface area (Å²) in [5.41, 5.74) is 12.2. The molecule has 2 rings (SSSR count). The van der Waals surface area contributed by atoms with Crippen LogP contribution < -0.4 is 10.5 Å². The molecule has 1 atom stereocenters. The van der Waals surface area contributed by atoms with Crippen molar-refractivity contribution in [3.05, 3.63) is 62.6 Å². The molecule has 0 saturated carbocycles. The van der Waals surface area contributed by atoms with Gasteiger partial charge in [0.15, 0.2) is 0 Å². The summed E-state index contributed by atoms with van der Waals surface area (Å²) < 4.78 is 6.53. The van der Waals surface area contributed by atoms with Crippen LogP contribution in [0.5, 0.6) is 5.75 Å². The van der Waals surface area contributed by atoms with Crippen molar-refractivity contribution in [3.8, 4) is 5.75 Å². The Bertz CT molecular complexity index is 637. The number of halogens is 1. The average Bonchev–Trinajstić information content (AvgIpc) is 2.43. The van der Waals surface area contributed by atoms with E-state index in [-0.39, 0.29) is 6.04 Å². The lowest BCUT2D eigenvalue weighted by molar-refractivity contribution is 0.407. The predicted molar refractivity (Wildman–Crippen MR) is 87.4 cm³/mol. The van der Waals surface area contributed by atoms with Crippen LogP contribution in [0.25, 0.3) is 0 Å². The van der Waals surface area contributed by atoms with Gasteiger partial charge in [-0.05, 0) is 55.2 Å². The first kappa shape index (κ1) is 15.1. The fourth-order valence-electron chi connectivity index (χ4n) is 2.23. The largest absolute Gasteiger partial charge is 0.496 e. The van der Waals surface area contributed by atoms with Crippen LogP contribution in [0.3, 0.4) is 0 Å². The van der Waals surface area contributed by atoms with Crippen molar-refractivity contribution >= 4 is 15.9 Å². The molecule has 106 valence electrons. The number of benzene rings is 2. The molecule has 2 N–H and O–H groups in total. The van der Waals surface area contributed by atoms with Gasteiger partial charge in [-0.2, -0.15) is 0 Å². The Morgan fingerprint density at radius 1 is 1.00 bits per heavy atom. The lowest BCUT2D eigenvalue weighted by Crippen LogP contribution is -2.13. The molecule has 0 aliphatic heterocycles. The van der Waals surface area contributed by atoms with Crippen molar-refractivity contribution in [2.24, 2.45) is 5.73 Å². The van der Waals surface area contributed by atoms with Crippen molar-refractivity contribution in [1.82, 2.24) is 0 Å². The van der Waals surface area contributed by atoms with Crippen LogP contribution in [-0.2, 0) is 0 Å². The molecule has 0 fully saturated rings. The Morgan fingerprint density at radius 2 is 1.70 bits per heavy atom. The maximum absolute atomic E-state index is 6.43. The van der Waals surface area contributed by atoms with Crippen LogP contribution in [0.2, 0.25) is 0 Å². The Balaban J connectivity index is 2.49. The molecule has 0 amide bonds. The molecule has 0 heterocycles. The van der Waals surface area contributed by atoms with Crippen LogP contribution in [0.15, 0.2) is 34.8 Å². The minimum Gasteiger partial charge on any atom is -0.496 e. The first-order chi connectivity index (χ1) is 9.43. The molecule has 1 unspecified atom stereocenters. The first-order valence-corrected chi connectivity index (χ1v) is 7.40. The zero-order valence-electron chi connectivity index (χ0n) is 12.3. The smallest absolute Gasteiger partial charge is 0.124 e. The van der Waals surface area contributed by atoms with Crippen molar-refractivity contribution in [2.75, 3.05) is 7.11 Å². The number of aryl methyl sites for hydroxylation is 3. The molecule has 0 aromatic heterocycles. The third-order valence-corrected chi connectivity index (χ3v) is 4.59. The summed E-state index contributed by atoms with van der Waals surface area (Å²) in [7, 11) is 1.68. The van der Waals surface area contributed by atoms with E-state index < -0.39 is 0 Å². The minimum atomic E-state index is -0.193.